The van der Waals surface area contributed by atoms with Crippen molar-refractivity contribution in [2.75, 3.05) is 10.0 Å². The van der Waals surface area contributed by atoms with E-state index in [1.807, 2.05) is 0 Å². The molecule has 0 aliphatic rings. The van der Waals surface area contributed by atoms with E-state index in [0.717, 1.165) is 12.1 Å². The second kappa shape index (κ2) is 10.1. The van der Waals surface area contributed by atoms with Gasteiger partial charge in [0.25, 0.3) is 15.9 Å². The third kappa shape index (κ3) is 5.56. The predicted molar refractivity (Wildman–Crippen MR) is 133 cm³/mol. The Labute approximate surface area is 206 Å². The first-order valence-corrected chi connectivity index (χ1v) is 12.2. The molecular weight excluding hydrogens is 491 g/mol. The van der Waals surface area contributed by atoms with Gasteiger partial charge in [-0.2, -0.15) is 0 Å². The molecule has 0 aromatic heterocycles. The second-order valence-corrected chi connectivity index (χ2v) is 9.54. The Kier molecular flexibility index (Phi) is 6.95. The highest BCUT2D eigenvalue weighted by Gasteiger charge is 2.22. The van der Waals surface area contributed by atoms with Gasteiger partial charge >= 0.3 is 0 Å². The molecular formula is C26H18ClFN2O4S. The second-order valence-electron chi connectivity index (χ2n) is 7.45. The van der Waals surface area contributed by atoms with Crippen LogP contribution in [-0.4, -0.2) is 20.1 Å². The van der Waals surface area contributed by atoms with Crippen LogP contribution in [0.2, 0.25) is 5.02 Å². The van der Waals surface area contributed by atoms with Crippen LogP contribution < -0.4 is 10.0 Å². The van der Waals surface area contributed by atoms with Gasteiger partial charge in [0, 0.05) is 27.5 Å². The van der Waals surface area contributed by atoms with E-state index in [-0.39, 0.29) is 28.3 Å². The molecule has 2 N–H and O–H groups in total. The molecule has 0 radical (unpaired) electrons. The first kappa shape index (κ1) is 24.1. The zero-order valence-corrected chi connectivity index (χ0v) is 19.6. The fraction of sp³-hybridized carbons (Fsp3) is 0. The number of benzene rings is 4. The van der Waals surface area contributed by atoms with Gasteiger partial charge in [-0.05, 0) is 48.5 Å². The van der Waals surface area contributed by atoms with E-state index in [9.17, 15) is 22.4 Å². The van der Waals surface area contributed by atoms with Gasteiger partial charge in [0.05, 0.1) is 5.56 Å². The average Bonchev–Trinajstić information content (AvgIpc) is 2.86. The van der Waals surface area contributed by atoms with E-state index in [1.54, 1.807) is 42.5 Å². The van der Waals surface area contributed by atoms with Gasteiger partial charge in [-0.15, -0.1) is 0 Å². The van der Waals surface area contributed by atoms with Gasteiger partial charge in [-0.25, -0.2) is 12.8 Å². The molecule has 4 aromatic carbocycles. The molecule has 0 spiro atoms. The van der Waals surface area contributed by atoms with Crippen LogP contribution in [0, 0.1) is 5.82 Å². The maximum Gasteiger partial charge on any atom is 0.264 e. The minimum Gasteiger partial charge on any atom is -0.322 e. The molecule has 0 bridgehead atoms. The Bertz CT molecular complexity index is 1510. The van der Waals surface area contributed by atoms with Crippen molar-refractivity contribution in [3.63, 3.8) is 0 Å². The van der Waals surface area contributed by atoms with Crippen molar-refractivity contribution < 1.29 is 22.4 Å². The summed E-state index contributed by atoms with van der Waals surface area (Å²) in [6, 6.07) is 23.8. The van der Waals surface area contributed by atoms with E-state index in [0.29, 0.717) is 10.6 Å². The Morgan fingerprint density at radius 3 is 2.03 bits per heavy atom. The lowest BCUT2D eigenvalue weighted by atomic mass is 9.98. The number of halogens is 2. The van der Waals surface area contributed by atoms with Gasteiger partial charge in [0.15, 0.2) is 5.78 Å². The number of anilines is 2. The summed E-state index contributed by atoms with van der Waals surface area (Å²) in [5.41, 5.74) is 0.910. The molecule has 4 aromatic rings. The van der Waals surface area contributed by atoms with Crippen LogP contribution in [0.5, 0.6) is 0 Å². The highest BCUT2D eigenvalue weighted by molar-refractivity contribution is 7.92. The van der Waals surface area contributed by atoms with Crippen LogP contribution in [0.3, 0.4) is 0 Å². The Morgan fingerprint density at radius 1 is 0.743 bits per heavy atom. The van der Waals surface area contributed by atoms with Crippen molar-refractivity contribution in [3.8, 4) is 0 Å². The standard InChI is InChI=1S/C26H18ClFN2O4S/c27-18-10-12-19(13-11-18)30-35(33,34)24-16-20(14-15-23(24)28)29-26(32)22-9-5-4-8-21(22)25(31)17-6-2-1-3-7-17/h1-16,30H,(H,29,32). The van der Waals surface area contributed by atoms with Crippen LogP contribution >= 0.6 is 11.6 Å². The molecule has 0 unspecified atom stereocenters. The van der Waals surface area contributed by atoms with E-state index in [4.69, 9.17) is 11.6 Å². The van der Waals surface area contributed by atoms with Crippen LogP contribution in [-0.2, 0) is 10.0 Å². The summed E-state index contributed by atoms with van der Waals surface area (Å²) in [5.74, 6) is -1.99. The molecule has 0 fully saturated rings. The smallest absolute Gasteiger partial charge is 0.264 e. The van der Waals surface area contributed by atoms with Crippen LogP contribution in [0.4, 0.5) is 15.8 Å². The van der Waals surface area contributed by atoms with Crippen LogP contribution in [0.15, 0.2) is 102 Å². The van der Waals surface area contributed by atoms with Gasteiger partial charge < -0.3 is 5.32 Å². The third-order valence-electron chi connectivity index (χ3n) is 5.03. The lowest BCUT2D eigenvalue weighted by molar-refractivity contribution is 0.0996. The fourth-order valence-electron chi connectivity index (χ4n) is 3.34. The quantitative estimate of drug-likeness (QED) is 0.310. The number of hydrogen-bond acceptors (Lipinski definition) is 4. The molecule has 0 saturated carbocycles. The summed E-state index contributed by atoms with van der Waals surface area (Å²) in [4.78, 5) is 25.3. The van der Waals surface area contributed by atoms with Gasteiger partial charge in [-0.1, -0.05) is 60.1 Å². The highest BCUT2D eigenvalue weighted by Crippen LogP contribution is 2.24. The number of carbonyl (C=O) groups is 2. The zero-order valence-electron chi connectivity index (χ0n) is 18.0. The van der Waals surface area contributed by atoms with E-state index in [1.165, 1.54) is 42.5 Å². The van der Waals surface area contributed by atoms with Crippen molar-refractivity contribution in [1.29, 1.82) is 0 Å². The van der Waals surface area contributed by atoms with Crippen molar-refractivity contribution in [3.05, 3.63) is 125 Å². The van der Waals surface area contributed by atoms with E-state index >= 15 is 0 Å². The number of nitrogens with one attached hydrogen (secondary N) is 2. The Balaban J connectivity index is 1.60. The summed E-state index contributed by atoms with van der Waals surface area (Å²) in [5, 5.41) is 2.96. The maximum absolute atomic E-state index is 14.5. The minimum absolute atomic E-state index is 0.0369. The molecule has 9 heteroatoms. The maximum atomic E-state index is 14.5. The molecule has 0 heterocycles. The SMILES string of the molecule is O=C(Nc1ccc(F)c(S(=O)(=O)Nc2ccc(Cl)cc2)c1)c1ccccc1C(=O)c1ccccc1. The molecule has 6 nitrogen and oxygen atoms in total. The molecule has 0 aliphatic heterocycles. The Morgan fingerprint density at radius 2 is 1.34 bits per heavy atom. The van der Waals surface area contributed by atoms with Crippen molar-refractivity contribution in [2.45, 2.75) is 4.90 Å². The van der Waals surface area contributed by atoms with Crippen molar-refractivity contribution in [1.82, 2.24) is 0 Å². The molecule has 4 rings (SSSR count). The van der Waals surface area contributed by atoms with Crippen LogP contribution in [0.25, 0.3) is 0 Å². The highest BCUT2D eigenvalue weighted by atomic mass is 35.5. The molecule has 0 aliphatic carbocycles. The third-order valence-corrected chi connectivity index (χ3v) is 6.68. The van der Waals surface area contributed by atoms with Gasteiger partial charge in [0.2, 0.25) is 0 Å². The molecule has 176 valence electrons. The fourth-order valence-corrected chi connectivity index (χ4v) is 4.63. The summed E-state index contributed by atoms with van der Waals surface area (Å²) in [7, 11) is -4.31. The average molecular weight is 509 g/mol. The predicted octanol–water partition coefficient (Wildman–Crippen LogP) is 5.76. The summed E-state index contributed by atoms with van der Waals surface area (Å²) in [6.07, 6.45) is 0. The Hall–Kier alpha value is -4.01. The largest absolute Gasteiger partial charge is 0.322 e. The number of ketones is 1. The van der Waals surface area contributed by atoms with E-state index in [2.05, 4.69) is 10.0 Å². The number of hydrogen-bond donors (Lipinski definition) is 2. The number of amides is 1. The number of carbonyl (C=O) groups excluding carboxylic acids is 2. The molecule has 35 heavy (non-hydrogen) atoms. The van der Waals surface area contributed by atoms with E-state index < -0.39 is 26.6 Å². The van der Waals surface area contributed by atoms with Crippen molar-refractivity contribution >= 4 is 44.7 Å². The lowest BCUT2D eigenvalue weighted by Gasteiger charge is -2.12. The lowest BCUT2D eigenvalue weighted by Crippen LogP contribution is -2.18. The number of rotatable bonds is 7. The zero-order chi connectivity index (χ0) is 25.0. The number of sulfonamides is 1. The summed E-state index contributed by atoms with van der Waals surface area (Å²) >= 11 is 5.81. The van der Waals surface area contributed by atoms with Gasteiger partial charge in [0.1, 0.15) is 10.7 Å². The molecule has 0 saturated heterocycles. The first-order valence-electron chi connectivity index (χ1n) is 10.3. The summed E-state index contributed by atoms with van der Waals surface area (Å²) in [6.45, 7) is 0. The topological polar surface area (TPSA) is 92.3 Å². The minimum atomic E-state index is -4.31. The molecule has 0 atom stereocenters. The molecule has 1 amide bonds. The van der Waals surface area contributed by atoms with Crippen LogP contribution in [0.1, 0.15) is 26.3 Å². The first-order chi connectivity index (χ1) is 16.7. The normalized spacial score (nSPS) is 11.0. The summed E-state index contributed by atoms with van der Waals surface area (Å²) < 4.78 is 42.3. The van der Waals surface area contributed by atoms with Gasteiger partial charge in [-0.3, -0.25) is 14.3 Å². The monoisotopic (exact) mass is 508 g/mol. The van der Waals surface area contributed by atoms with Crippen molar-refractivity contribution in [2.24, 2.45) is 0 Å².